The molecule has 0 saturated carbocycles. The molecule has 0 aromatic heterocycles. The van der Waals surface area contributed by atoms with Crippen LogP contribution in [0.5, 0.6) is 5.75 Å². The molecule has 6 heteroatoms. The number of ether oxygens (including phenoxy) is 1. The molecule has 0 fully saturated rings. The fourth-order valence-corrected chi connectivity index (χ4v) is 2.17. The Morgan fingerprint density at radius 1 is 0.952 bits per heavy atom. The Hall–Kier alpha value is -1.88. The van der Waals surface area contributed by atoms with Gasteiger partial charge in [-0.2, -0.15) is 0 Å². The fourth-order valence-electron chi connectivity index (χ4n) is 1.88. The molecular formula is C15H13ClF3NO. The third-order valence-corrected chi connectivity index (χ3v) is 3.17. The van der Waals surface area contributed by atoms with E-state index in [2.05, 4.69) is 4.74 Å². The van der Waals surface area contributed by atoms with Gasteiger partial charge in [0, 0.05) is 14.1 Å². The number of halogens is 4. The van der Waals surface area contributed by atoms with Gasteiger partial charge in [0.1, 0.15) is 5.75 Å². The fraction of sp³-hybridized carbons (Fsp3) is 0.200. The lowest BCUT2D eigenvalue weighted by Crippen LogP contribution is -2.16. The first-order chi connectivity index (χ1) is 9.76. The summed E-state index contributed by atoms with van der Waals surface area (Å²) in [5.74, 6) is -0.243. The van der Waals surface area contributed by atoms with Crippen LogP contribution in [0.25, 0.3) is 11.1 Å². The highest BCUT2D eigenvalue weighted by Gasteiger charge is 2.30. The van der Waals surface area contributed by atoms with E-state index in [1.165, 1.54) is 12.1 Å². The lowest BCUT2D eigenvalue weighted by Gasteiger charge is -2.16. The summed E-state index contributed by atoms with van der Waals surface area (Å²) in [6.45, 7) is 0. The molecule has 0 atom stereocenters. The molecule has 112 valence electrons. The number of alkyl halides is 3. The van der Waals surface area contributed by atoms with E-state index in [0.717, 1.165) is 16.8 Å². The van der Waals surface area contributed by atoms with Gasteiger partial charge < -0.3 is 9.64 Å². The molecule has 0 aliphatic carbocycles. The molecule has 0 aliphatic rings. The van der Waals surface area contributed by atoms with E-state index in [1.807, 2.05) is 31.1 Å². The Balaban J connectivity index is 2.29. The summed E-state index contributed by atoms with van der Waals surface area (Å²) < 4.78 is 40.2. The zero-order chi connectivity index (χ0) is 15.6. The average Bonchev–Trinajstić information content (AvgIpc) is 2.38. The summed E-state index contributed by atoms with van der Waals surface area (Å²) in [4.78, 5) is 1.87. The smallest absolute Gasteiger partial charge is 0.406 e. The second-order valence-corrected chi connectivity index (χ2v) is 5.04. The SMILES string of the molecule is CN(C)c1cc(-c2ccc(OC(F)(F)F)cc2)ccc1Cl. The molecule has 0 saturated heterocycles. The Morgan fingerprint density at radius 3 is 2.05 bits per heavy atom. The van der Waals surface area contributed by atoms with Gasteiger partial charge in [0.2, 0.25) is 0 Å². The van der Waals surface area contributed by atoms with Gasteiger partial charge in [-0.25, -0.2) is 0 Å². The first-order valence-electron chi connectivity index (χ1n) is 6.09. The third kappa shape index (κ3) is 4.04. The highest BCUT2D eigenvalue weighted by Crippen LogP contribution is 2.32. The van der Waals surface area contributed by atoms with Crippen molar-refractivity contribution in [1.29, 1.82) is 0 Å². The maximum Gasteiger partial charge on any atom is 0.573 e. The zero-order valence-electron chi connectivity index (χ0n) is 11.4. The first-order valence-corrected chi connectivity index (χ1v) is 6.47. The summed E-state index contributed by atoms with van der Waals surface area (Å²) in [6, 6.07) is 11.2. The lowest BCUT2D eigenvalue weighted by molar-refractivity contribution is -0.274. The molecule has 0 unspecified atom stereocenters. The first kappa shape index (κ1) is 15.5. The predicted octanol–water partition coefficient (Wildman–Crippen LogP) is 4.97. The van der Waals surface area contributed by atoms with Crippen molar-refractivity contribution in [3.8, 4) is 16.9 Å². The zero-order valence-corrected chi connectivity index (χ0v) is 12.2. The van der Waals surface area contributed by atoms with Crippen LogP contribution in [-0.4, -0.2) is 20.5 Å². The van der Waals surface area contributed by atoms with Crippen LogP contribution < -0.4 is 9.64 Å². The van der Waals surface area contributed by atoms with Crippen LogP contribution in [0.1, 0.15) is 0 Å². The van der Waals surface area contributed by atoms with E-state index in [-0.39, 0.29) is 5.75 Å². The van der Waals surface area contributed by atoms with Crippen molar-refractivity contribution in [3.63, 3.8) is 0 Å². The number of nitrogens with zero attached hydrogens (tertiary/aromatic N) is 1. The van der Waals surface area contributed by atoms with E-state index in [9.17, 15) is 13.2 Å². The maximum absolute atomic E-state index is 12.1. The van der Waals surface area contributed by atoms with Gasteiger partial charge in [0.25, 0.3) is 0 Å². The molecule has 0 N–H and O–H groups in total. The summed E-state index contributed by atoms with van der Waals surface area (Å²) in [5.41, 5.74) is 2.48. The quantitative estimate of drug-likeness (QED) is 0.792. The Kier molecular flexibility index (Phi) is 4.32. The monoisotopic (exact) mass is 315 g/mol. The van der Waals surface area contributed by atoms with E-state index < -0.39 is 6.36 Å². The van der Waals surface area contributed by atoms with Gasteiger partial charge in [0.05, 0.1) is 10.7 Å². The highest BCUT2D eigenvalue weighted by molar-refractivity contribution is 6.33. The van der Waals surface area contributed by atoms with Crippen LogP contribution in [0.2, 0.25) is 5.02 Å². The predicted molar refractivity (Wildman–Crippen MR) is 77.9 cm³/mol. The van der Waals surface area contributed by atoms with Gasteiger partial charge in [-0.1, -0.05) is 29.8 Å². The summed E-state index contributed by atoms with van der Waals surface area (Å²) in [7, 11) is 3.73. The number of benzene rings is 2. The number of rotatable bonds is 3. The molecule has 2 rings (SSSR count). The average molecular weight is 316 g/mol. The Labute approximate surface area is 125 Å². The molecule has 0 amide bonds. The van der Waals surface area contributed by atoms with Gasteiger partial charge in [-0.15, -0.1) is 13.2 Å². The second-order valence-electron chi connectivity index (χ2n) is 4.63. The van der Waals surface area contributed by atoms with Crippen molar-refractivity contribution in [2.75, 3.05) is 19.0 Å². The normalized spacial score (nSPS) is 11.3. The minimum absolute atomic E-state index is 0.243. The maximum atomic E-state index is 12.1. The minimum Gasteiger partial charge on any atom is -0.406 e. The third-order valence-electron chi connectivity index (χ3n) is 2.85. The minimum atomic E-state index is -4.68. The molecule has 21 heavy (non-hydrogen) atoms. The van der Waals surface area contributed by atoms with Crippen LogP contribution in [0.15, 0.2) is 42.5 Å². The van der Waals surface area contributed by atoms with Crippen molar-refractivity contribution in [2.45, 2.75) is 6.36 Å². The van der Waals surface area contributed by atoms with Crippen molar-refractivity contribution < 1.29 is 17.9 Å². The van der Waals surface area contributed by atoms with Crippen molar-refractivity contribution in [2.24, 2.45) is 0 Å². The molecule has 2 aromatic rings. The largest absolute Gasteiger partial charge is 0.573 e. The summed E-state index contributed by atoms with van der Waals surface area (Å²) >= 11 is 6.09. The highest BCUT2D eigenvalue weighted by atomic mass is 35.5. The van der Waals surface area contributed by atoms with Crippen molar-refractivity contribution >= 4 is 17.3 Å². The topological polar surface area (TPSA) is 12.5 Å². The molecule has 2 nitrogen and oxygen atoms in total. The van der Waals surface area contributed by atoms with Crippen LogP contribution in [0.4, 0.5) is 18.9 Å². The number of hydrogen-bond acceptors (Lipinski definition) is 2. The van der Waals surface area contributed by atoms with Crippen LogP contribution >= 0.6 is 11.6 Å². The molecule has 0 radical (unpaired) electrons. The molecule has 2 aromatic carbocycles. The van der Waals surface area contributed by atoms with Crippen molar-refractivity contribution in [1.82, 2.24) is 0 Å². The van der Waals surface area contributed by atoms with Gasteiger partial charge in [0.15, 0.2) is 0 Å². The van der Waals surface area contributed by atoms with Crippen LogP contribution in [0.3, 0.4) is 0 Å². The van der Waals surface area contributed by atoms with E-state index in [0.29, 0.717) is 5.02 Å². The molecule has 0 aliphatic heterocycles. The van der Waals surface area contributed by atoms with Gasteiger partial charge in [-0.3, -0.25) is 0 Å². The van der Waals surface area contributed by atoms with E-state index in [4.69, 9.17) is 11.6 Å². The van der Waals surface area contributed by atoms with Crippen LogP contribution in [-0.2, 0) is 0 Å². The standard InChI is InChI=1S/C15H13ClF3NO/c1-20(2)14-9-11(5-8-13(14)16)10-3-6-12(7-4-10)21-15(17,18)19/h3-9H,1-2H3. The summed E-state index contributed by atoms with van der Waals surface area (Å²) in [6.07, 6.45) is -4.68. The van der Waals surface area contributed by atoms with Crippen molar-refractivity contribution in [3.05, 3.63) is 47.5 Å². The molecule has 0 heterocycles. The van der Waals surface area contributed by atoms with E-state index >= 15 is 0 Å². The molecule has 0 spiro atoms. The Morgan fingerprint density at radius 2 is 1.52 bits per heavy atom. The summed E-state index contributed by atoms with van der Waals surface area (Å²) in [5, 5.41) is 0.612. The van der Waals surface area contributed by atoms with Crippen LogP contribution in [0, 0.1) is 0 Å². The van der Waals surface area contributed by atoms with E-state index in [1.54, 1.807) is 18.2 Å². The van der Waals surface area contributed by atoms with Gasteiger partial charge in [-0.05, 0) is 35.4 Å². The lowest BCUT2D eigenvalue weighted by atomic mass is 10.0. The second kappa shape index (κ2) is 5.85. The Bertz CT molecular complexity index is 624. The number of hydrogen-bond donors (Lipinski definition) is 0. The molecular weight excluding hydrogens is 303 g/mol. The molecule has 0 bridgehead atoms. The van der Waals surface area contributed by atoms with Gasteiger partial charge >= 0.3 is 6.36 Å². The number of anilines is 1.